The fourth-order valence-corrected chi connectivity index (χ4v) is 2.23. The molecule has 0 radical (unpaired) electrons. The summed E-state index contributed by atoms with van der Waals surface area (Å²) in [6.07, 6.45) is 1.81. The highest BCUT2D eigenvalue weighted by Gasteiger charge is 2.01. The Hall–Kier alpha value is -0.740. The molecule has 0 bridgehead atoms. The summed E-state index contributed by atoms with van der Waals surface area (Å²) in [6.45, 7) is 2.00. The predicted octanol–water partition coefficient (Wildman–Crippen LogP) is 2.58. The molecule has 11 heavy (non-hydrogen) atoms. The molecule has 56 valence electrons. The molecule has 0 aromatic carbocycles. The molecular weight excluding hydrogens is 176 g/mol. The predicted molar refractivity (Wildman–Crippen MR) is 48.0 cm³/mol. The van der Waals surface area contributed by atoms with Crippen molar-refractivity contribution in [3.63, 3.8) is 0 Å². The maximum atomic E-state index is 4.19. The van der Waals surface area contributed by atoms with Gasteiger partial charge in [-0.1, -0.05) is 0 Å². The molecular formula is C7H6N2S2. The van der Waals surface area contributed by atoms with Crippen molar-refractivity contribution in [3.8, 4) is 9.75 Å². The van der Waals surface area contributed by atoms with E-state index in [-0.39, 0.29) is 0 Å². The lowest BCUT2D eigenvalue weighted by Crippen LogP contribution is -1.60. The second kappa shape index (κ2) is 2.71. The van der Waals surface area contributed by atoms with Crippen LogP contribution in [0.2, 0.25) is 0 Å². The first-order valence-corrected chi connectivity index (χ1v) is 4.75. The third-order valence-corrected chi connectivity index (χ3v) is 3.13. The second-order valence-electron chi connectivity index (χ2n) is 2.21. The first kappa shape index (κ1) is 6.94. The van der Waals surface area contributed by atoms with Gasteiger partial charge in [0.05, 0.1) is 15.4 Å². The third kappa shape index (κ3) is 1.32. The molecule has 0 aliphatic heterocycles. The minimum absolute atomic E-state index is 1.08. The summed E-state index contributed by atoms with van der Waals surface area (Å²) in [5.41, 5.74) is 1.08. The highest BCUT2D eigenvalue weighted by molar-refractivity contribution is 7.16. The first-order chi connectivity index (χ1) is 5.36. The summed E-state index contributed by atoms with van der Waals surface area (Å²) in [6, 6.07) is 4.09. The van der Waals surface area contributed by atoms with Crippen LogP contribution < -0.4 is 0 Å². The molecule has 0 atom stereocenters. The molecule has 2 heterocycles. The molecule has 2 nitrogen and oxygen atoms in total. The van der Waals surface area contributed by atoms with E-state index in [1.807, 2.05) is 19.2 Å². The van der Waals surface area contributed by atoms with Gasteiger partial charge in [-0.25, -0.2) is 4.37 Å². The lowest BCUT2D eigenvalue weighted by Gasteiger charge is -1.82. The summed E-state index contributed by atoms with van der Waals surface area (Å²) in [5, 5.41) is 0. The topological polar surface area (TPSA) is 25.8 Å². The minimum Gasteiger partial charge on any atom is -0.201 e. The van der Waals surface area contributed by atoms with Crippen molar-refractivity contribution in [2.75, 3.05) is 0 Å². The third-order valence-electron chi connectivity index (χ3n) is 1.31. The van der Waals surface area contributed by atoms with Gasteiger partial charge in [0.25, 0.3) is 0 Å². The Labute approximate surface area is 72.9 Å². The maximum absolute atomic E-state index is 4.19. The number of aryl methyl sites for hydroxylation is 1. The second-order valence-corrected chi connectivity index (χ2v) is 3.85. The van der Waals surface area contributed by atoms with E-state index < -0.39 is 0 Å². The fraction of sp³-hybridized carbons (Fsp3) is 0.143. The normalized spacial score (nSPS) is 10.3. The largest absolute Gasteiger partial charge is 0.201 e. The Morgan fingerprint density at radius 1 is 1.27 bits per heavy atom. The zero-order chi connectivity index (χ0) is 7.68. The molecule has 4 heteroatoms. The van der Waals surface area contributed by atoms with Gasteiger partial charge in [-0.05, 0) is 42.1 Å². The van der Waals surface area contributed by atoms with Crippen molar-refractivity contribution in [2.24, 2.45) is 0 Å². The van der Waals surface area contributed by atoms with E-state index in [1.165, 1.54) is 32.8 Å². The Morgan fingerprint density at radius 2 is 2.18 bits per heavy atom. The number of nitrogens with zero attached hydrogens (tertiary/aromatic N) is 2. The molecule has 0 aliphatic rings. The fourth-order valence-electron chi connectivity index (χ4n) is 0.823. The molecule has 0 spiro atoms. The van der Waals surface area contributed by atoms with Crippen LogP contribution in [0.5, 0.6) is 0 Å². The first-order valence-electron chi connectivity index (χ1n) is 3.20. The Balaban J connectivity index is 2.45. The van der Waals surface area contributed by atoms with E-state index in [4.69, 9.17) is 0 Å². The van der Waals surface area contributed by atoms with Gasteiger partial charge in [0.15, 0.2) is 0 Å². The van der Waals surface area contributed by atoms with Gasteiger partial charge in [0, 0.05) is 6.20 Å². The SMILES string of the molecule is Cc1cc(-c2ccns2)sn1. The molecule has 0 N–H and O–H groups in total. The Morgan fingerprint density at radius 3 is 2.73 bits per heavy atom. The van der Waals surface area contributed by atoms with Crippen LogP contribution in [0.25, 0.3) is 9.75 Å². The molecule has 0 unspecified atom stereocenters. The Kier molecular flexibility index (Phi) is 1.71. The van der Waals surface area contributed by atoms with Crippen LogP contribution in [0.4, 0.5) is 0 Å². The molecule has 2 rings (SSSR count). The highest BCUT2D eigenvalue weighted by Crippen LogP contribution is 2.26. The number of hydrogen-bond donors (Lipinski definition) is 0. The van der Waals surface area contributed by atoms with Gasteiger partial charge in [-0.2, -0.15) is 4.37 Å². The Bertz CT molecular complexity index is 337. The molecule has 0 amide bonds. The van der Waals surface area contributed by atoms with Crippen molar-refractivity contribution in [1.29, 1.82) is 0 Å². The quantitative estimate of drug-likeness (QED) is 0.677. The van der Waals surface area contributed by atoms with E-state index in [0.29, 0.717) is 0 Å². The monoisotopic (exact) mass is 182 g/mol. The standard InChI is InChI=1S/C7H6N2S2/c1-5-4-7(11-9-5)6-2-3-8-10-6/h2-4H,1H3. The number of rotatable bonds is 1. The van der Waals surface area contributed by atoms with Gasteiger partial charge in [-0.3, -0.25) is 0 Å². The van der Waals surface area contributed by atoms with Crippen molar-refractivity contribution < 1.29 is 0 Å². The summed E-state index contributed by atoms with van der Waals surface area (Å²) < 4.78 is 8.22. The number of hydrogen-bond acceptors (Lipinski definition) is 4. The van der Waals surface area contributed by atoms with Gasteiger partial charge in [-0.15, -0.1) is 0 Å². The molecule has 2 aromatic rings. The lowest BCUT2D eigenvalue weighted by atomic mass is 10.3. The van der Waals surface area contributed by atoms with Crippen LogP contribution in [0, 0.1) is 6.92 Å². The lowest BCUT2D eigenvalue weighted by molar-refractivity contribution is 1.35. The average Bonchev–Trinajstić information content (AvgIpc) is 2.55. The van der Waals surface area contributed by atoms with Gasteiger partial charge in [0.1, 0.15) is 0 Å². The molecule has 0 aliphatic carbocycles. The van der Waals surface area contributed by atoms with Crippen LogP contribution in [0.1, 0.15) is 5.69 Å². The smallest absolute Gasteiger partial charge is 0.0668 e. The van der Waals surface area contributed by atoms with Crippen molar-refractivity contribution in [2.45, 2.75) is 6.92 Å². The van der Waals surface area contributed by atoms with Crippen molar-refractivity contribution in [1.82, 2.24) is 8.75 Å². The van der Waals surface area contributed by atoms with Crippen molar-refractivity contribution >= 4 is 23.1 Å². The van der Waals surface area contributed by atoms with Gasteiger partial charge < -0.3 is 0 Å². The summed E-state index contributed by atoms with van der Waals surface area (Å²) in [7, 11) is 0. The van der Waals surface area contributed by atoms with Crippen LogP contribution in [0.15, 0.2) is 18.3 Å². The molecule has 2 aromatic heterocycles. The maximum Gasteiger partial charge on any atom is 0.0668 e. The van der Waals surface area contributed by atoms with Crippen LogP contribution in [0.3, 0.4) is 0 Å². The summed E-state index contributed by atoms with van der Waals surface area (Å²) in [5.74, 6) is 0. The van der Waals surface area contributed by atoms with E-state index in [1.54, 1.807) is 0 Å². The van der Waals surface area contributed by atoms with Crippen LogP contribution >= 0.6 is 23.1 Å². The van der Waals surface area contributed by atoms with Gasteiger partial charge in [0.2, 0.25) is 0 Å². The summed E-state index contributed by atoms with van der Waals surface area (Å²) in [4.78, 5) is 2.42. The zero-order valence-electron chi connectivity index (χ0n) is 5.94. The minimum atomic E-state index is 1.08. The van der Waals surface area contributed by atoms with Gasteiger partial charge >= 0.3 is 0 Å². The van der Waals surface area contributed by atoms with Crippen LogP contribution in [-0.4, -0.2) is 8.75 Å². The van der Waals surface area contributed by atoms with E-state index >= 15 is 0 Å². The van der Waals surface area contributed by atoms with E-state index in [0.717, 1.165) is 5.69 Å². The molecule has 0 fully saturated rings. The molecule has 0 saturated heterocycles. The molecule has 0 saturated carbocycles. The summed E-state index contributed by atoms with van der Waals surface area (Å²) >= 11 is 3.04. The zero-order valence-corrected chi connectivity index (χ0v) is 7.58. The van der Waals surface area contributed by atoms with Crippen LogP contribution in [-0.2, 0) is 0 Å². The number of aromatic nitrogens is 2. The highest BCUT2D eigenvalue weighted by atomic mass is 32.1. The average molecular weight is 182 g/mol. The van der Waals surface area contributed by atoms with E-state index in [9.17, 15) is 0 Å². The van der Waals surface area contributed by atoms with E-state index in [2.05, 4.69) is 14.8 Å². The van der Waals surface area contributed by atoms with Crippen molar-refractivity contribution in [3.05, 3.63) is 24.0 Å².